The van der Waals surface area contributed by atoms with Crippen LogP contribution >= 0.6 is 0 Å². The lowest BCUT2D eigenvalue weighted by Crippen LogP contribution is -2.59. The van der Waals surface area contributed by atoms with Crippen molar-refractivity contribution in [2.24, 2.45) is 0 Å². The van der Waals surface area contributed by atoms with E-state index < -0.39 is 0 Å². The Balaban J connectivity index is 1.14. The van der Waals surface area contributed by atoms with E-state index in [4.69, 9.17) is 4.74 Å². The molecule has 250 valence electrons. The van der Waals surface area contributed by atoms with Crippen LogP contribution < -0.4 is 30.9 Å². The van der Waals surface area contributed by atoms with Crippen LogP contribution in [0.3, 0.4) is 0 Å². The number of hydrogen-bond acceptors (Lipinski definition) is 4. The number of ether oxygens (including phenoxy) is 1. The van der Waals surface area contributed by atoms with E-state index in [0.717, 1.165) is 39.9 Å². The van der Waals surface area contributed by atoms with Crippen molar-refractivity contribution < 1.29 is 4.74 Å². The van der Waals surface area contributed by atoms with Crippen LogP contribution in [-0.4, -0.2) is 11.7 Å². The highest BCUT2D eigenvalue weighted by Crippen LogP contribution is 2.55. The first-order valence-electron chi connectivity index (χ1n) is 18.3. The Hall–Kier alpha value is -6.59. The van der Waals surface area contributed by atoms with Crippen LogP contribution in [0, 0.1) is 0 Å². The molecule has 0 amide bonds. The minimum atomic E-state index is -0.278. The van der Waals surface area contributed by atoms with Crippen LogP contribution in [0.15, 0.2) is 170 Å². The van der Waals surface area contributed by atoms with Crippen molar-refractivity contribution in [1.82, 2.24) is 4.98 Å². The zero-order valence-electron chi connectivity index (χ0n) is 29.5. The monoisotopic (exact) mass is 679 g/mol. The topological polar surface area (TPSA) is 28.6 Å². The van der Waals surface area contributed by atoms with Gasteiger partial charge in [-0.25, -0.2) is 0 Å². The summed E-state index contributed by atoms with van der Waals surface area (Å²) in [5.74, 6) is 1.85. The number of benzene rings is 7. The van der Waals surface area contributed by atoms with Gasteiger partial charge in [0.1, 0.15) is 11.5 Å². The van der Waals surface area contributed by atoms with E-state index in [-0.39, 0.29) is 12.1 Å². The first-order chi connectivity index (χ1) is 26.1. The van der Waals surface area contributed by atoms with Gasteiger partial charge in [-0.05, 0) is 111 Å². The number of hydrogen-bond donors (Lipinski definition) is 0. The third-order valence-corrected chi connectivity index (χ3v) is 11.6. The molecule has 2 aliphatic heterocycles. The average molecular weight is 680 g/mol. The largest absolute Gasteiger partial charge is 0.458 e. The molecule has 11 rings (SSSR count). The van der Waals surface area contributed by atoms with Crippen LogP contribution in [0.25, 0.3) is 21.9 Å². The summed E-state index contributed by atoms with van der Waals surface area (Å²) >= 11 is 0. The third kappa shape index (κ3) is 4.28. The summed E-state index contributed by atoms with van der Waals surface area (Å²) < 4.78 is 6.98. The van der Waals surface area contributed by atoms with Gasteiger partial charge in [-0.2, -0.15) is 0 Å². The molecule has 1 aromatic heterocycles. The van der Waals surface area contributed by atoms with Crippen molar-refractivity contribution in [3.63, 3.8) is 0 Å². The molecule has 0 fully saturated rings. The third-order valence-electron chi connectivity index (χ3n) is 11.6. The highest BCUT2D eigenvalue weighted by atomic mass is 16.5. The smallest absolute Gasteiger partial charge is 0.256 e. The van der Waals surface area contributed by atoms with E-state index in [1.165, 1.54) is 55.1 Å². The molecule has 4 nitrogen and oxygen atoms in total. The number of anilines is 6. The maximum Gasteiger partial charge on any atom is 0.256 e. The molecule has 0 unspecified atom stereocenters. The zero-order valence-corrected chi connectivity index (χ0v) is 29.5. The second-order valence-corrected chi connectivity index (χ2v) is 14.8. The molecule has 7 aromatic carbocycles. The van der Waals surface area contributed by atoms with Crippen molar-refractivity contribution in [1.29, 1.82) is 0 Å². The summed E-state index contributed by atoms with van der Waals surface area (Å²) in [6.45, 7) is 4.81. The molecule has 5 heteroatoms. The molecule has 0 radical (unpaired) electrons. The molecule has 0 bridgehead atoms. The van der Waals surface area contributed by atoms with Gasteiger partial charge in [0.05, 0.1) is 17.6 Å². The van der Waals surface area contributed by atoms with Crippen LogP contribution in [0.4, 0.5) is 34.1 Å². The van der Waals surface area contributed by atoms with Gasteiger partial charge in [-0.1, -0.05) is 105 Å². The quantitative estimate of drug-likeness (QED) is 0.173. The molecule has 0 spiro atoms. The number of nitrogens with zero attached hydrogens (tertiary/aromatic N) is 3. The fourth-order valence-corrected chi connectivity index (χ4v) is 9.22. The molecule has 3 heterocycles. The maximum atomic E-state index is 6.98. The Bertz CT molecular complexity index is 2710. The molecule has 0 N–H and O–H groups in total. The van der Waals surface area contributed by atoms with Gasteiger partial charge in [0.15, 0.2) is 0 Å². The molecule has 53 heavy (non-hydrogen) atoms. The fraction of sp³-hybridized carbons (Fsp3) is 0.0625. The van der Waals surface area contributed by atoms with Gasteiger partial charge in [0, 0.05) is 39.7 Å². The molecule has 1 aliphatic carbocycles. The Kier molecular flexibility index (Phi) is 6.36. The Morgan fingerprint density at radius 1 is 0.604 bits per heavy atom. The summed E-state index contributed by atoms with van der Waals surface area (Å²) in [5.41, 5.74) is 15.4. The predicted octanol–water partition coefficient (Wildman–Crippen LogP) is 10.4. The van der Waals surface area contributed by atoms with E-state index in [2.05, 4.69) is 180 Å². The van der Waals surface area contributed by atoms with Gasteiger partial charge < -0.3 is 14.5 Å². The SMILES string of the molecule is CC1(C)c2cc3c(cc2-c2c1cc(N(c1ccccc1)c1cccnc1)c1ccccc21)Oc1cccc2c1B3c1ccccc1N2c1ccccc1. The van der Waals surface area contributed by atoms with Crippen LogP contribution in [0.1, 0.15) is 25.0 Å². The van der Waals surface area contributed by atoms with Crippen LogP contribution in [-0.2, 0) is 5.41 Å². The summed E-state index contributed by atoms with van der Waals surface area (Å²) in [7, 11) is 0. The van der Waals surface area contributed by atoms with Gasteiger partial charge in [-0.3, -0.25) is 4.98 Å². The summed E-state index contributed by atoms with van der Waals surface area (Å²) in [6, 6.07) is 56.9. The standard InChI is InChI=1S/C48H34BN3O/c1-48(2)37-28-40-45(53-44-25-13-24-42-47(44)49(40)39-22-11-12-23-41(39)52(42)32-17-7-4-8-18-32)27-36(37)46-35-21-10-9-20-34(35)43(29-38(46)48)51(31-15-5-3-6-16-31)33-19-14-26-50-30-33/h3-30H,1-2H3. The second kappa shape index (κ2) is 11.2. The van der Waals surface area contributed by atoms with E-state index in [0.29, 0.717) is 0 Å². The lowest BCUT2D eigenvalue weighted by Gasteiger charge is -2.40. The van der Waals surface area contributed by atoms with Gasteiger partial charge >= 0.3 is 0 Å². The molecular formula is C48H34BN3O. The van der Waals surface area contributed by atoms with E-state index >= 15 is 0 Å². The molecule has 0 saturated heterocycles. The molecule has 3 aliphatic rings. The van der Waals surface area contributed by atoms with Crippen molar-refractivity contribution in [2.75, 3.05) is 9.80 Å². The number of fused-ring (bicyclic) bond motifs is 9. The number of para-hydroxylation sites is 3. The minimum absolute atomic E-state index is 0.0392. The second-order valence-electron chi connectivity index (χ2n) is 14.8. The first kappa shape index (κ1) is 30.1. The zero-order chi connectivity index (χ0) is 35.3. The van der Waals surface area contributed by atoms with Crippen molar-refractivity contribution in [3.05, 3.63) is 181 Å². The number of pyridine rings is 1. The summed E-state index contributed by atoms with van der Waals surface area (Å²) in [6.07, 6.45) is 3.79. The van der Waals surface area contributed by atoms with E-state index in [1.54, 1.807) is 0 Å². The van der Waals surface area contributed by atoms with Gasteiger partial charge in [-0.15, -0.1) is 0 Å². The number of aromatic nitrogens is 1. The lowest BCUT2D eigenvalue weighted by atomic mass is 9.34. The maximum absolute atomic E-state index is 6.98. The average Bonchev–Trinajstić information content (AvgIpc) is 3.43. The van der Waals surface area contributed by atoms with Crippen molar-refractivity contribution in [2.45, 2.75) is 19.3 Å². The highest BCUT2D eigenvalue weighted by Gasteiger charge is 2.45. The summed E-state index contributed by atoms with van der Waals surface area (Å²) in [5, 5.41) is 2.43. The molecule has 0 saturated carbocycles. The molecule has 8 aromatic rings. The summed E-state index contributed by atoms with van der Waals surface area (Å²) in [4.78, 5) is 9.27. The number of rotatable bonds is 4. The normalized spacial score (nSPS) is 14.1. The van der Waals surface area contributed by atoms with Crippen molar-refractivity contribution in [3.8, 4) is 22.6 Å². The Morgan fingerprint density at radius 3 is 2.13 bits per heavy atom. The van der Waals surface area contributed by atoms with E-state index in [1.807, 2.05) is 18.5 Å². The molecule has 0 atom stereocenters. The first-order valence-corrected chi connectivity index (χ1v) is 18.3. The van der Waals surface area contributed by atoms with Crippen LogP contribution in [0.5, 0.6) is 11.5 Å². The Labute approximate surface area is 309 Å². The minimum Gasteiger partial charge on any atom is -0.458 e. The van der Waals surface area contributed by atoms with E-state index in [9.17, 15) is 0 Å². The lowest BCUT2D eigenvalue weighted by molar-refractivity contribution is 0.487. The van der Waals surface area contributed by atoms with Crippen LogP contribution in [0.2, 0.25) is 0 Å². The highest BCUT2D eigenvalue weighted by molar-refractivity contribution is 6.99. The Morgan fingerprint density at radius 2 is 1.32 bits per heavy atom. The van der Waals surface area contributed by atoms with Crippen molar-refractivity contribution >= 4 is 68.0 Å². The van der Waals surface area contributed by atoms with Gasteiger partial charge in [0.25, 0.3) is 6.71 Å². The fourth-order valence-electron chi connectivity index (χ4n) is 9.22. The predicted molar refractivity (Wildman–Crippen MR) is 220 cm³/mol. The molecular weight excluding hydrogens is 645 g/mol. The van der Waals surface area contributed by atoms with Gasteiger partial charge in [0.2, 0.25) is 0 Å².